The molecule has 6 nitrogen and oxygen atoms in total. The Morgan fingerprint density at radius 1 is 0.676 bits per heavy atom. The molecule has 0 aromatic rings. The first-order valence-electron chi connectivity index (χ1n) is 12.0. The maximum atomic E-state index is 13.0. The lowest BCUT2D eigenvalue weighted by atomic mass is 10.4. The summed E-state index contributed by atoms with van der Waals surface area (Å²) < 4.78 is 25.9. The van der Waals surface area contributed by atoms with Crippen molar-refractivity contribution in [1.82, 2.24) is 20.0 Å². The van der Waals surface area contributed by atoms with E-state index < -0.39 is 14.6 Å². The topological polar surface area (TPSA) is 64.7 Å². The highest BCUT2D eigenvalue weighted by atomic mass is 32.1. The Balaban J connectivity index is 5.65. The van der Waals surface area contributed by atoms with Crippen LogP contribution in [0.4, 0.5) is 0 Å². The third-order valence-corrected chi connectivity index (χ3v) is 11.7. The lowest BCUT2D eigenvalue weighted by Crippen LogP contribution is -2.46. The molecule has 0 fully saturated rings. The van der Waals surface area contributed by atoms with Crippen molar-refractivity contribution in [2.45, 2.75) is 41.5 Å². The van der Waals surface area contributed by atoms with Crippen LogP contribution >= 0.6 is 39.0 Å². The van der Waals surface area contributed by atoms with Gasteiger partial charge in [-0.1, -0.05) is 76.3 Å². The maximum absolute atomic E-state index is 13.0. The first-order chi connectivity index (χ1) is 16.1. The number of nitrogens with zero attached hydrogens (tertiary/aromatic N) is 2. The largest absolute Gasteiger partial charge is 0.344 e. The average Bonchev–Trinajstić information content (AvgIpc) is 2.84. The second kappa shape index (κ2) is 18.1. The number of allylic oxidation sites excluding steroid dienone is 6. The first-order valence-corrected chi connectivity index (χ1v) is 17.0. The summed E-state index contributed by atoms with van der Waals surface area (Å²) >= 11 is 11.3. The van der Waals surface area contributed by atoms with Gasteiger partial charge >= 0.3 is 0 Å². The number of hydrogen-bond acceptors (Lipinski definition) is 4. The molecule has 0 saturated heterocycles. The minimum absolute atomic E-state index is 0.480. The lowest BCUT2D eigenvalue weighted by Gasteiger charge is -2.32. The van der Waals surface area contributed by atoms with Gasteiger partial charge in [-0.25, -0.2) is 0 Å². The van der Waals surface area contributed by atoms with Crippen molar-refractivity contribution in [3.05, 3.63) is 48.6 Å². The molecule has 0 bridgehead atoms. The van der Waals surface area contributed by atoms with Crippen molar-refractivity contribution in [3.63, 3.8) is 0 Å². The van der Waals surface area contributed by atoms with E-state index in [0.29, 0.717) is 61.1 Å². The van der Waals surface area contributed by atoms with Gasteiger partial charge < -0.3 is 29.1 Å². The summed E-state index contributed by atoms with van der Waals surface area (Å²) in [6.45, 7) is 13.9. The fourth-order valence-electron chi connectivity index (χ4n) is 2.80. The molecule has 0 atom stereocenters. The molecule has 0 aromatic carbocycles. The summed E-state index contributed by atoms with van der Waals surface area (Å²) in [6.07, 6.45) is 18.0. The van der Waals surface area contributed by atoms with Crippen LogP contribution in [0.15, 0.2) is 48.6 Å². The highest BCUT2D eigenvalue weighted by molar-refractivity contribution is 7.81. The standard InChI is InChI=1S/C24H44N4O2P2S2/c1-7-13-15-17-19-27(23(33)25-31(29,9-3)10-4)21-22-28(20-18-16-14-8-2)24(34)26-32(30,11-5)12-6/h7-8,13-18H,9-12,19-22H2,1-6H3,(H,25,29,33)(H,26,30,34). The zero-order valence-electron chi connectivity index (χ0n) is 21.7. The summed E-state index contributed by atoms with van der Waals surface area (Å²) in [5, 5.41) is 7.22. The molecule has 0 rings (SSSR count). The normalized spacial score (nSPS) is 12.8. The Labute approximate surface area is 218 Å². The van der Waals surface area contributed by atoms with E-state index >= 15 is 0 Å². The van der Waals surface area contributed by atoms with Crippen LogP contribution in [0.25, 0.3) is 0 Å². The molecule has 0 spiro atoms. The summed E-state index contributed by atoms with van der Waals surface area (Å²) in [7, 11) is -5.08. The number of rotatable bonds is 15. The SMILES string of the molecule is CC=CC=CCN(CCN(CC=CC=CC)C(=S)NP(=O)(CC)CC)C(=S)NP(=O)(CC)CC. The van der Waals surface area contributed by atoms with Gasteiger partial charge in [-0.2, -0.15) is 0 Å². The monoisotopic (exact) mass is 546 g/mol. The van der Waals surface area contributed by atoms with Crippen LogP contribution in [0.3, 0.4) is 0 Å². The van der Waals surface area contributed by atoms with E-state index in [0.717, 1.165) is 0 Å². The highest BCUT2D eigenvalue weighted by Gasteiger charge is 2.23. The molecule has 0 aliphatic heterocycles. The summed E-state index contributed by atoms with van der Waals surface area (Å²) in [5.74, 6) is 0. The van der Waals surface area contributed by atoms with Crippen molar-refractivity contribution in [1.29, 1.82) is 0 Å². The van der Waals surface area contributed by atoms with Crippen molar-refractivity contribution in [3.8, 4) is 0 Å². The van der Waals surface area contributed by atoms with Gasteiger partial charge in [-0.15, -0.1) is 0 Å². The molecule has 0 aromatic heterocycles. The predicted molar refractivity (Wildman–Crippen MR) is 160 cm³/mol. The average molecular weight is 547 g/mol. The van der Waals surface area contributed by atoms with Crippen LogP contribution in [0.5, 0.6) is 0 Å². The zero-order valence-corrected chi connectivity index (χ0v) is 25.1. The summed E-state index contributed by atoms with van der Waals surface area (Å²) in [6, 6.07) is 0. The van der Waals surface area contributed by atoms with Gasteiger partial charge in [0.05, 0.1) is 0 Å². The number of thiocarbonyl (C=S) groups is 2. The van der Waals surface area contributed by atoms with Gasteiger partial charge in [0.1, 0.15) is 0 Å². The minimum atomic E-state index is -2.54. The smallest absolute Gasteiger partial charge is 0.174 e. The third kappa shape index (κ3) is 13.0. The molecule has 0 heterocycles. The fraction of sp³-hybridized carbons (Fsp3) is 0.583. The van der Waals surface area contributed by atoms with Crippen LogP contribution < -0.4 is 10.2 Å². The molecule has 2 N–H and O–H groups in total. The Hall–Kier alpha value is -1.20. The van der Waals surface area contributed by atoms with E-state index in [4.69, 9.17) is 24.4 Å². The van der Waals surface area contributed by atoms with Crippen LogP contribution in [0, 0.1) is 0 Å². The van der Waals surface area contributed by atoms with Crippen LogP contribution in [0.2, 0.25) is 0 Å². The first kappa shape index (κ1) is 32.8. The van der Waals surface area contributed by atoms with E-state index in [2.05, 4.69) is 10.2 Å². The van der Waals surface area contributed by atoms with E-state index in [1.807, 2.05) is 100.0 Å². The summed E-state index contributed by atoms with van der Waals surface area (Å²) in [4.78, 5) is 4.00. The van der Waals surface area contributed by atoms with E-state index in [1.165, 1.54) is 0 Å². The molecular weight excluding hydrogens is 502 g/mol. The molecule has 10 heteroatoms. The van der Waals surface area contributed by atoms with Gasteiger partial charge in [0.2, 0.25) is 0 Å². The molecule has 0 aliphatic carbocycles. The zero-order chi connectivity index (χ0) is 26.0. The van der Waals surface area contributed by atoms with Crippen LogP contribution in [-0.2, 0) is 9.13 Å². The minimum Gasteiger partial charge on any atom is -0.344 e. The molecular formula is C24H44N4O2P2S2. The quantitative estimate of drug-likeness (QED) is 0.142. The maximum Gasteiger partial charge on any atom is 0.174 e. The summed E-state index contributed by atoms with van der Waals surface area (Å²) in [5.41, 5.74) is 0. The highest BCUT2D eigenvalue weighted by Crippen LogP contribution is 2.40. The van der Waals surface area contributed by atoms with Crippen molar-refractivity contribution in [2.75, 3.05) is 50.8 Å². The lowest BCUT2D eigenvalue weighted by molar-refractivity contribution is 0.372. The number of nitrogens with one attached hydrogen (secondary N) is 2. The van der Waals surface area contributed by atoms with Crippen LogP contribution in [0.1, 0.15) is 41.5 Å². The second-order valence-corrected chi connectivity index (χ2v) is 15.0. The van der Waals surface area contributed by atoms with E-state index in [-0.39, 0.29) is 0 Å². The van der Waals surface area contributed by atoms with Crippen molar-refractivity contribution < 1.29 is 9.13 Å². The molecule has 34 heavy (non-hydrogen) atoms. The Kier molecular flexibility index (Phi) is 17.5. The van der Waals surface area contributed by atoms with Gasteiger partial charge in [-0.05, 0) is 38.3 Å². The number of hydrogen-bond donors (Lipinski definition) is 2. The van der Waals surface area contributed by atoms with Gasteiger partial charge in [0, 0.05) is 50.8 Å². The van der Waals surface area contributed by atoms with E-state index in [1.54, 1.807) is 0 Å². The van der Waals surface area contributed by atoms with Gasteiger partial charge in [0.25, 0.3) is 0 Å². The van der Waals surface area contributed by atoms with E-state index in [9.17, 15) is 9.13 Å². The van der Waals surface area contributed by atoms with Crippen LogP contribution in [-0.4, -0.2) is 70.9 Å². The molecule has 0 unspecified atom stereocenters. The Morgan fingerprint density at radius 2 is 1.00 bits per heavy atom. The fourth-order valence-corrected chi connectivity index (χ4v) is 6.64. The third-order valence-electron chi connectivity index (χ3n) is 5.39. The predicted octanol–water partition coefficient (Wildman–Crippen LogP) is 6.24. The van der Waals surface area contributed by atoms with Gasteiger partial charge in [-0.3, -0.25) is 0 Å². The second-order valence-electron chi connectivity index (χ2n) is 7.68. The Morgan fingerprint density at radius 3 is 1.26 bits per heavy atom. The molecule has 194 valence electrons. The van der Waals surface area contributed by atoms with Crippen molar-refractivity contribution in [2.24, 2.45) is 0 Å². The van der Waals surface area contributed by atoms with Gasteiger partial charge in [0.15, 0.2) is 24.8 Å². The molecule has 0 amide bonds. The Bertz CT molecular complexity index is 757. The molecule has 0 radical (unpaired) electrons. The molecule has 0 aliphatic rings. The van der Waals surface area contributed by atoms with Crippen molar-refractivity contribution >= 4 is 49.2 Å². The molecule has 0 saturated carbocycles.